The summed E-state index contributed by atoms with van der Waals surface area (Å²) in [5.74, 6) is 0.837. The molecule has 132 valence electrons. The highest BCUT2D eigenvalue weighted by Gasteiger charge is 2.05. The molecule has 0 heterocycles. The molecule has 0 aromatic carbocycles. The predicted molar refractivity (Wildman–Crippen MR) is 96.3 cm³/mol. The molecule has 0 spiro atoms. The lowest BCUT2D eigenvalue weighted by atomic mass is 9.96. The first-order valence-electron chi connectivity index (χ1n) is 9.78. The molecule has 0 fully saturated rings. The van der Waals surface area contributed by atoms with Crippen LogP contribution >= 0.6 is 0 Å². The number of unbranched alkanes of at least 4 members (excludes halogenated alkanes) is 7. The summed E-state index contributed by atoms with van der Waals surface area (Å²) >= 11 is 0. The van der Waals surface area contributed by atoms with Crippen molar-refractivity contribution in [3.05, 3.63) is 0 Å². The van der Waals surface area contributed by atoms with Crippen molar-refractivity contribution in [1.29, 1.82) is 0 Å². The van der Waals surface area contributed by atoms with Gasteiger partial charge >= 0.3 is 5.97 Å². The molecule has 2 nitrogen and oxygen atoms in total. The van der Waals surface area contributed by atoms with Crippen LogP contribution in [0.15, 0.2) is 0 Å². The van der Waals surface area contributed by atoms with Crippen LogP contribution in [0.1, 0.15) is 111 Å². The van der Waals surface area contributed by atoms with Gasteiger partial charge in [-0.15, -0.1) is 0 Å². The standard InChI is InChI=1S/C20H40O2/c1-4-5-13-18(2)14-11-9-7-6-8-10-12-15-19(3)16-17-20(21)22/h18-19H,4-17H2,1-3H3,(H,21,22). The highest BCUT2D eigenvalue weighted by molar-refractivity contribution is 5.66. The van der Waals surface area contributed by atoms with Gasteiger partial charge in [-0.3, -0.25) is 4.79 Å². The van der Waals surface area contributed by atoms with Crippen LogP contribution in [-0.2, 0) is 4.79 Å². The Balaban J connectivity index is 3.21. The van der Waals surface area contributed by atoms with Crippen LogP contribution in [0.5, 0.6) is 0 Å². The molecule has 22 heavy (non-hydrogen) atoms. The maximum Gasteiger partial charge on any atom is 0.303 e. The van der Waals surface area contributed by atoms with E-state index < -0.39 is 5.97 Å². The zero-order chi connectivity index (χ0) is 16.6. The Kier molecular flexibility index (Phi) is 15.0. The van der Waals surface area contributed by atoms with Gasteiger partial charge in [0.1, 0.15) is 0 Å². The summed E-state index contributed by atoms with van der Waals surface area (Å²) < 4.78 is 0. The Bertz CT molecular complexity index is 250. The van der Waals surface area contributed by atoms with Gasteiger partial charge in [-0.05, 0) is 18.3 Å². The molecule has 0 radical (unpaired) electrons. The van der Waals surface area contributed by atoms with E-state index in [2.05, 4.69) is 20.8 Å². The first kappa shape index (κ1) is 21.5. The summed E-state index contributed by atoms with van der Waals surface area (Å²) in [6, 6.07) is 0. The van der Waals surface area contributed by atoms with E-state index in [1.54, 1.807) is 0 Å². The highest BCUT2D eigenvalue weighted by Crippen LogP contribution is 2.18. The van der Waals surface area contributed by atoms with E-state index in [0.29, 0.717) is 12.3 Å². The fourth-order valence-corrected chi connectivity index (χ4v) is 3.08. The van der Waals surface area contributed by atoms with Gasteiger partial charge in [-0.1, -0.05) is 97.8 Å². The van der Waals surface area contributed by atoms with Gasteiger partial charge in [0.2, 0.25) is 0 Å². The lowest BCUT2D eigenvalue weighted by molar-refractivity contribution is -0.137. The maximum atomic E-state index is 10.5. The van der Waals surface area contributed by atoms with Crippen molar-refractivity contribution in [2.75, 3.05) is 0 Å². The molecular formula is C20H40O2. The van der Waals surface area contributed by atoms with E-state index in [4.69, 9.17) is 5.11 Å². The second kappa shape index (κ2) is 15.4. The second-order valence-corrected chi connectivity index (χ2v) is 7.34. The van der Waals surface area contributed by atoms with Crippen LogP contribution in [0.3, 0.4) is 0 Å². The van der Waals surface area contributed by atoms with Gasteiger partial charge < -0.3 is 5.11 Å². The average Bonchev–Trinajstić information content (AvgIpc) is 2.49. The molecule has 0 aromatic rings. The molecule has 0 aliphatic heterocycles. The number of hydrogen-bond donors (Lipinski definition) is 1. The molecule has 0 rings (SSSR count). The molecule has 0 saturated carbocycles. The Morgan fingerprint density at radius 3 is 1.59 bits per heavy atom. The Hall–Kier alpha value is -0.530. The number of aliphatic carboxylic acids is 1. The van der Waals surface area contributed by atoms with Gasteiger partial charge in [0.15, 0.2) is 0 Å². The van der Waals surface area contributed by atoms with Crippen LogP contribution in [-0.4, -0.2) is 11.1 Å². The van der Waals surface area contributed by atoms with E-state index in [0.717, 1.165) is 12.3 Å². The number of carboxylic acids is 1. The molecule has 0 aliphatic carbocycles. The minimum atomic E-state index is -0.657. The van der Waals surface area contributed by atoms with E-state index in [9.17, 15) is 4.79 Å². The van der Waals surface area contributed by atoms with E-state index in [-0.39, 0.29) is 0 Å². The second-order valence-electron chi connectivity index (χ2n) is 7.34. The highest BCUT2D eigenvalue weighted by atomic mass is 16.4. The summed E-state index contributed by atoms with van der Waals surface area (Å²) in [4.78, 5) is 10.5. The van der Waals surface area contributed by atoms with E-state index >= 15 is 0 Å². The smallest absolute Gasteiger partial charge is 0.303 e. The topological polar surface area (TPSA) is 37.3 Å². The zero-order valence-corrected chi connectivity index (χ0v) is 15.4. The van der Waals surface area contributed by atoms with Crippen molar-refractivity contribution >= 4 is 5.97 Å². The fourth-order valence-electron chi connectivity index (χ4n) is 3.08. The first-order valence-corrected chi connectivity index (χ1v) is 9.78. The molecule has 0 aliphatic rings. The molecule has 0 amide bonds. The average molecular weight is 313 g/mol. The normalized spacial score (nSPS) is 14.0. The summed E-state index contributed by atoms with van der Waals surface area (Å²) in [5, 5.41) is 8.65. The molecule has 0 bridgehead atoms. The third-order valence-corrected chi connectivity index (χ3v) is 4.80. The monoisotopic (exact) mass is 312 g/mol. The van der Waals surface area contributed by atoms with Crippen LogP contribution in [0, 0.1) is 11.8 Å². The molecule has 0 aromatic heterocycles. The number of carboxylic acid groups (broad SMARTS) is 1. The lowest BCUT2D eigenvalue weighted by Crippen LogP contribution is -2.01. The summed E-state index contributed by atoms with van der Waals surface area (Å²) in [6.45, 7) is 6.86. The molecular weight excluding hydrogens is 272 g/mol. The molecule has 2 unspecified atom stereocenters. The van der Waals surface area contributed by atoms with Crippen LogP contribution in [0.4, 0.5) is 0 Å². The Morgan fingerprint density at radius 1 is 0.727 bits per heavy atom. The molecule has 2 atom stereocenters. The summed E-state index contributed by atoms with van der Waals surface area (Å²) in [7, 11) is 0. The van der Waals surface area contributed by atoms with Crippen LogP contribution in [0.25, 0.3) is 0 Å². The number of hydrogen-bond acceptors (Lipinski definition) is 1. The Morgan fingerprint density at radius 2 is 1.14 bits per heavy atom. The van der Waals surface area contributed by atoms with Gasteiger partial charge in [0, 0.05) is 6.42 Å². The van der Waals surface area contributed by atoms with Crippen molar-refractivity contribution < 1.29 is 9.90 Å². The van der Waals surface area contributed by atoms with Crippen LogP contribution < -0.4 is 0 Å². The van der Waals surface area contributed by atoms with Gasteiger partial charge in [0.05, 0.1) is 0 Å². The minimum absolute atomic E-state index is 0.331. The van der Waals surface area contributed by atoms with Gasteiger partial charge in [-0.2, -0.15) is 0 Å². The van der Waals surface area contributed by atoms with E-state index in [1.165, 1.54) is 77.0 Å². The maximum absolute atomic E-state index is 10.5. The van der Waals surface area contributed by atoms with Crippen molar-refractivity contribution in [2.24, 2.45) is 11.8 Å². The van der Waals surface area contributed by atoms with Crippen LogP contribution in [0.2, 0.25) is 0 Å². The third-order valence-electron chi connectivity index (χ3n) is 4.80. The van der Waals surface area contributed by atoms with Crippen molar-refractivity contribution in [3.8, 4) is 0 Å². The Labute approximate surface area is 139 Å². The zero-order valence-electron chi connectivity index (χ0n) is 15.4. The van der Waals surface area contributed by atoms with Crippen molar-refractivity contribution in [2.45, 2.75) is 111 Å². The minimum Gasteiger partial charge on any atom is -0.481 e. The SMILES string of the molecule is CCCCC(C)CCCCCCCCCC(C)CCC(=O)O. The van der Waals surface area contributed by atoms with Crippen molar-refractivity contribution in [1.82, 2.24) is 0 Å². The summed E-state index contributed by atoms with van der Waals surface area (Å²) in [6.07, 6.45) is 17.5. The van der Waals surface area contributed by atoms with Gasteiger partial charge in [-0.25, -0.2) is 0 Å². The largest absolute Gasteiger partial charge is 0.481 e. The third kappa shape index (κ3) is 15.9. The molecule has 1 N–H and O–H groups in total. The quantitative estimate of drug-likeness (QED) is 0.317. The number of carbonyl (C=O) groups is 1. The molecule has 0 saturated heterocycles. The first-order chi connectivity index (χ1) is 10.6. The predicted octanol–water partition coefficient (Wildman–Crippen LogP) is 6.82. The molecule has 2 heteroatoms. The van der Waals surface area contributed by atoms with E-state index in [1.807, 2.05) is 0 Å². The van der Waals surface area contributed by atoms with Crippen molar-refractivity contribution in [3.63, 3.8) is 0 Å². The fraction of sp³-hybridized carbons (Fsp3) is 0.950. The van der Waals surface area contributed by atoms with Gasteiger partial charge in [0.25, 0.3) is 0 Å². The number of rotatable bonds is 16. The summed E-state index contributed by atoms with van der Waals surface area (Å²) in [5.41, 5.74) is 0. The lowest BCUT2D eigenvalue weighted by Gasteiger charge is -2.10.